The fourth-order valence-electron chi connectivity index (χ4n) is 17.8. The van der Waals surface area contributed by atoms with Gasteiger partial charge >= 0.3 is 0 Å². The SMILES string of the molecule is [2H]c1c([2H])c([2H])c2c(c1[2H])c1c([2H])c([2H])c([2H])c([2H])c1n2-c1ccc2c(c1)N(c1c(-c3ccccc3)cccc1-c1ccccc1)c1cc(-c3cc(-n4c5ccccc5c5ccccc54)c4oc5ccccc5c4c3)cc3c1B2c1ccc(-c2ccc4oc5ccccc5c4c2)cc1N3c1c(-c2ccccc2)cccc1-c1ccccc1. The van der Waals surface area contributed by atoms with E-state index in [4.69, 9.17) is 11.6 Å². The minimum atomic E-state index is -0.570. The molecule has 4 aromatic heterocycles. The second kappa shape index (κ2) is 24.1. The average Bonchev–Trinajstić information content (AvgIpc) is 1.47. The first-order valence-electron chi connectivity index (χ1n) is 40.8. The number of nitrogens with zero attached hydrogens (tertiary/aromatic N) is 4. The number of fused-ring (bicyclic) bond motifs is 16. The van der Waals surface area contributed by atoms with Crippen LogP contribution < -0.4 is 26.2 Å². The van der Waals surface area contributed by atoms with Gasteiger partial charge in [-0.15, -0.1) is 0 Å². The van der Waals surface area contributed by atoms with Crippen molar-refractivity contribution in [2.24, 2.45) is 0 Å². The van der Waals surface area contributed by atoms with E-state index < -0.39 is 43.0 Å². The molecule has 23 rings (SSSR count). The number of benzene rings is 17. The Hall–Kier alpha value is -14.4. The summed E-state index contributed by atoms with van der Waals surface area (Å²) in [6.45, 7) is -0.570. The van der Waals surface area contributed by atoms with Crippen molar-refractivity contribution in [3.8, 4) is 78.1 Å². The number of para-hydroxylation sites is 8. The van der Waals surface area contributed by atoms with E-state index in [2.05, 4.69) is 306 Å². The van der Waals surface area contributed by atoms with Crippen molar-refractivity contribution in [3.05, 3.63) is 382 Å². The normalized spacial score (nSPS) is 13.6. The maximum atomic E-state index is 9.93. The van der Waals surface area contributed by atoms with Gasteiger partial charge in [0.05, 0.1) is 50.1 Å². The summed E-state index contributed by atoms with van der Waals surface area (Å²) in [6.07, 6.45) is 0. The minimum absolute atomic E-state index is 0.0106. The zero-order chi connectivity index (χ0) is 78.3. The van der Waals surface area contributed by atoms with Crippen LogP contribution in [0, 0.1) is 0 Å². The molecule has 0 saturated heterocycles. The molecule has 0 fully saturated rings. The molecule has 0 amide bonds. The summed E-state index contributed by atoms with van der Waals surface area (Å²) in [6, 6.07) is 114. The van der Waals surface area contributed by atoms with Crippen molar-refractivity contribution in [3.63, 3.8) is 0 Å². The van der Waals surface area contributed by atoms with Crippen LogP contribution in [0.15, 0.2) is 391 Å². The zero-order valence-corrected chi connectivity index (χ0v) is 58.4. The van der Waals surface area contributed by atoms with Crippen molar-refractivity contribution in [2.45, 2.75) is 0 Å². The van der Waals surface area contributed by atoms with Crippen molar-refractivity contribution >= 4 is 145 Å². The zero-order valence-electron chi connectivity index (χ0n) is 66.4. The Kier molecular flexibility index (Phi) is 11.8. The maximum Gasteiger partial charge on any atom is 0.252 e. The standard InChI is InChI=1S/C102H63BN4O2/c1-5-27-64(28-6-1)73-41-25-42-74(65-29-7-2-8-30-65)100(73)106-91-59-69(68-52-56-98-83(57-68)81-39-17-23-49-96(81)108-98)51-54-85(91)103-86-55-53-72(104-87-45-19-13-35-77(87)78-36-14-20-46-88(78)104)63-92(86)107(101-75(66-31-9-3-10-32-66)43-26-44-76(101)67-33-11-4-12-34-67)94-61-71(60-93(106)99(94)103)70-58-84-82-40-18-24-50-97(82)109-102(84)95(62-70)105-89-47-21-15-37-79(89)80-38-16-22-48-90(80)105/h1-63H/i13D,14D,19D,20D,35D,36D,45D,46D. The third kappa shape index (κ3) is 9.30. The van der Waals surface area contributed by atoms with Gasteiger partial charge in [0.1, 0.15) is 16.7 Å². The van der Waals surface area contributed by atoms with Gasteiger partial charge in [0.15, 0.2) is 5.58 Å². The van der Waals surface area contributed by atoms with Crippen LogP contribution in [-0.2, 0) is 0 Å². The summed E-state index contributed by atoms with van der Waals surface area (Å²) in [7, 11) is 0. The van der Waals surface area contributed by atoms with Crippen molar-refractivity contribution < 1.29 is 19.8 Å². The highest BCUT2D eigenvalue weighted by molar-refractivity contribution is 7.00. The Balaban J connectivity index is 0.919. The van der Waals surface area contributed by atoms with Crippen molar-refractivity contribution in [2.75, 3.05) is 9.80 Å². The van der Waals surface area contributed by atoms with Gasteiger partial charge in [-0.25, -0.2) is 0 Å². The van der Waals surface area contributed by atoms with E-state index >= 15 is 0 Å². The highest BCUT2D eigenvalue weighted by atomic mass is 16.3. The van der Waals surface area contributed by atoms with Crippen LogP contribution >= 0.6 is 0 Å². The molecular formula is C102H63BN4O2. The van der Waals surface area contributed by atoms with Crippen molar-refractivity contribution in [1.82, 2.24) is 9.13 Å². The van der Waals surface area contributed by atoms with Gasteiger partial charge in [0, 0.05) is 93.8 Å². The topological polar surface area (TPSA) is 42.6 Å². The van der Waals surface area contributed by atoms with Gasteiger partial charge in [-0.2, -0.15) is 0 Å². The van der Waals surface area contributed by atoms with Gasteiger partial charge in [-0.1, -0.05) is 291 Å². The Labute approximate surface area is 640 Å². The molecule has 0 saturated carbocycles. The summed E-state index contributed by atoms with van der Waals surface area (Å²) in [5, 5.41) is 6.08. The second-order valence-corrected chi connectivity index (χ2v) is 28.3. The predicted octanol–water partition coefficient (Wildman–Crippen LogP) is 25.8. The maximum absolute atomic E-state index is 9.93. The fraction of sp³-hybridized carbons (Fsp3) is 0. The van der Waals surface area contributed by atoms with E-state index in [9.17, 15) is 8.22 Å². The first-order valence-corrected chi connectivity index (χ1v) is 36.8. The summed E-state index contributed by atoms with van der Waals surface area (Å²) < 4.78 is 93.9. The van der Waals surface area contributed by atoms with Crippen LogP contribution in [-0.4, -0.2) is 15.8 Å². The quantitative estimate of drug-likeness (QED) is 0.128. The van der Waals surface area contributed by atoms with E-state index in [1.165, 1.54) is 0 Å². The number of hydrogen-bond donors (Lipinski definition) is 0. The van der Waals surface area contributed by atoms with Crippen LogP contribution in [0.25, 0.3) is 166 Å². The second-order valence-electron chi connectivity index (χ2n) is 28.3. The van der Waals surface area contributed by atoms with E-state index in [1.807, 2.05) is 42.5 Å². The number of anilines is 6. The molecular weight excluding hydrogens is 1320 g/mol. The average molecular weight is 1400 g/mol. The lowest BCUT2D eigenvalue weighted by atomic mass is 9.33. The molecule has 506 valence electrons. The van der Waals surface area contributed by atoms with Crippen LogP contribution in [0.3, 0.4) is 0 Å². The molecule has 109 heavy (non-hydrogen) atoms. The monoisotopic (exact) mass is 1390 g/mol. The first-order chi connectivity index (χ1) is 57.4. The molecule has 0 spiro atoms. The van der Waals surface area contributed by atoms with Gasteiger partial charge in [-0.3, -0.25) is 0 Å². The molecule has 0 bridgehead atoms. The molecule has 0 radical (unpaired) electrons. The molecule has 0 unspecified atom stereocenters. The van der Waals surface area contributed by atoms with Crippen LogP contribution in [0.1, 0.15) is 11.0 Å². The highest BCUT2D eigenvalue weighted by Gasteiger charge is 2.46. The molecule has 0 atom stereocenters. The van der Waals surface area contributed by atoms with Crippen LogP contribution in [0.5, 0.6) is 0 Å². The molecule has 7 heteroatoms. The van der Waals surface area contributed by atoms with Crippen LogP contribution in [0.4, 0.5) is 34.1 Å². The lowest BCUT2D eigenvalue weighted by Gasteiger charge is -2.46. The van der Waals surface area contributed by atoms with E-state index in [-0.39, 0.29) is 33.9 Å². The van der Waals surface area contributed by atoms with E-state index in [0.29, 0.717) is 11.4 Å². The van der Waals surface area contributed by atoms with Gasteiger partial charge in [-0.05, 0) is 152 Å². The van der Waals surface area contributed by atoms with Gasteiger partial charge < -0.3 is 27.8 Å². The predicted molar refractivity (Wildman–Crippen MR) is 456 cm³/mol. The third-order valence-corrected chi connectivity index (χ3v) is 22.5. The van der Waals surface area contributed by atoms with Gasteiger partial charge in [0.25, 0.3) is 6.71 Å². The largest absolute Gasteiger partial charge is 0.456 e. The molecule has 21 aromatic rings. The smallest absolute Gasteiger partial charge is 0.252 e. The number of furan rings is 2. The molecule has 6 heterocycles. The highest BCUT2D eigenvalue weighted by Crippen LogP contribution is 2.55. The van der Waals surface area contributed by atoms with Gasteiger partial charge in [0.2, 0.25) is 0 Å². The molecule has 17 aromatic carbocycles. The Morgan fingerprint density at radius 1 is 0.248 bits per heavy atom. The molecule has 2 aliphatic rings. The summed E-state index contributed by atoms with van der Waals surface area (Å²) in [4.78, 5) is 4.97. The fourth-order valence-corrected chi connectivity index (χ4v) is 17.8. The summed E-state index contributed by atoms with van der Waals surface area (Å²) >= 11 is 0. The Morgan fingerprint density at radius 3 is 1.20 bits per heavy atom. The lowest BCUT2D eigenvalue weighted by Crippen LogP contribution is -2.61. The molecule has 0 N–H and O–H groups in total. The molecule has 6 nitrogen and oxygen atoms in total. The van der Waals surface area contributed by atoms with Crippen molar-refractivity contribution in [1.29, 1.82) is 0 Å². The molecule has 2 aliphatic heterocycles. The first kappa shape index (κ1) is 53.4. The number of hydrogen-bond acceptors (Lipinski definition) is 4. The number of aromatic nitrogens is 2. The van der Waals surface area contributed by atoms with E-state index in [1.54, 1.807) is 4.57 Å². The number of rotatable bonds is 10. The van der Waals surface area contributed by atoms with Crippen LogP contribution in [0.2, 0.25) is 0 Å². The molecule has 0 aliphatic carbocycles. The third-order valence-electron chi connectivity index (χ3n) is 22.5. The minimum Gasteiger partial charge on any atom is -0.456 e. The summed E-state index contributed by atoms with van der Waals surface area (Å²) in [5.41, 5.74) is 25.9. The summed E-state index contributed by atoms with van der Waals surface area (Å²) in [5.74, 6) is 0. The van der Waals surface area contributed by atoms with E-state index in [0.717, 1.165) is 183 Å². The Bertz CT molecular complexity index is 7590. The lowest BCUT2D eigenvalue weighted by molar-refractivity contribution is 0.666. The Morgan fingerprint density at radius 2 is 0.651 bits per heavy atom.